The first-order valence-corrected chi connectivity index (χ1v) is 10.5. The number of ether oxygens (including phenoxy) is 4. The summed E-state index contributed by atoms with van der Waals surface area (Å²) >= 11 is 0. The summed E-state index contributed by atoms with van der Waals surface area (Å²) in [5, 5.41) is 0. The minimum absolute atomic E-state index is 0.0288. The molecule has 3 aliphatic rings. The number of esters is 2. The molecule has 1 saturated heterocycles. The second kappa shape index (κ2) is 10.4. The molecule has 0 amide bonds. The van der Waals surface area contributed by atoms with E-state index in [2.05, 4.69) is 25.7 Å². The van der Waals surface area contributed by atoms with E-state index in [9.17, 15) is 9.59 Å². The molecule has 6 heteroatoms. The lowest BCUT2D eigenvalue weighted by atomic mass is 9.84. The third-order valence-corrected chi connectivity index (χ3v) is 5.79. The van der Waals surface area contributed by atoms with Crippen molar-refractivity contribution in [3.05, 3.63) is 59.4 Å². The van der Waals surface area contributed by atoms with Crippen LogP contribution in [0.2, 0.25) is 0 Å². The molecule has 30 heavy (non-hydrogen) atoms. The summed E-state index contributed by atoms with van der Waals surface area (Å²) in [6, 6.07) is 0. The Bertz CT molecular complexity index is 789. The number of allylic oxidation sites excluding steroid dienone is 7. The fourth-order valence-corrected chi connectivity index (χ4v) is 3.54. The van der Waals surface area contributed by atoms with Crippen LogP contribution in [0.15, 0.2) is 59.4 Å². The normalized spacial score (nSPS) is 19.9. The van der Waals surface area contributed by atoms with Crippen molar-refractivity contribution < 1.29 is 28.5 Å². The van der Waals surface area contributed by atoms with Gasteiger partial charge >= 0.3 is 11.9 Å². The van der Waals surface area contributed by atoms with E-state index in [1.54, 1.807) is 0 Å². The number of carbonyl (C=O) groups is 2. The molecule has 0 bridgehead atoms. The molecular formula is C24H30O6. The Morgan fingerprint density at radius 3 is 2.27 bits per heavy atom. The van der Waals surface area contributed by atoms with Crippen LogP contribution in [-0.2, 0) is 28.5 Å². The molecule has 0 N–H and O–H groups in total. The van der Waals surface area contributed by atoms with Gasteiger partial charge in [0.2, 0.25) is 0 Å². The number of carbonyl (C=O) groups excluding carboxylic acids is 2. The molecule has 6 nitrogen and oxygen atoms in total. The molecule has 162 valence electrons. The van der Waals surface area contributed by atoms with E-state index in [1.807, 2.05) is 12.2 Å². The van der Waals surface area contributed by atoms with Gasteiger partial charge in [-0.1, -0.05) is 31.7 Å². The van der Waals surface area contributed by atoms with Crippen LogP contribution >= 0.6 is 0 Å². The first-order chi connectivity index (χ1) is 14.5. The highest BCUT2D eigenvalue weighted by molar-refractivity contribution is 5.89. The zero-order valence-corrected chi connectivity index (χ0v) is 17.6. The number of hydrogen-bond acceptors (Lipinski definition) is 6. The van der Waals surface area contributed by atoms with E-state index in [0.717, 1.165) is 57.3 Å². The van der Waals surface area contributed by atoms with E-state index in [4.69, 9.17) is 18.9 Å². The average Bonchev–Trinajstić information content (AvgIpc) is 2.76. The second-order valence-electron chi connectivity index (χ2n) is 7.85. The molecule has 0 atom stereocenters. The second-order valence-corrected chi connectivity index (χ2v) is 7.85. The summed E-state index contributed by atoms with van der Waals surface area (Å²) < 4.78 is 21.3. The van der Waals surface area contributed by atoms with Crippen molar-refractivity contribution >= 4 is 11.9 Å². The molecule has 1 heterocycles. The third kappa shape index (κ3) is 5.72. The van der Waals surface area contributed by atoms with Gasteiger partial charge in [-0.2, -0.15) is 0 Å². The van der Waals surface area contributed by atoms with Crippen molar-refractivity contribution in [2.75, 3.05) is 33.0 Å². The zero-order valence-electron chi connectivity index (χ0n) is 17.6. The average molecular weight is 414 g/mol. The van der Waals surface area contributed by atoms with Gasteiger partial charge in [0, 0.05) is 18.1 Å². The monoisotopic (exact) mass is 414 g/mol. The Hall–Kier alpha value is -2.60. The predicted molar refractivity (Wildman–Crippen MR) is 112 cm³/mol. The molecule has 0 aromatic rings. The van der Waals surface area contributed by atoms with Gasteiger partial charge in [-0.15, -0.1) is 0 Å². The summed E-state index contributed by atoms with van der Waals surface area (Å²) in [5.41, 5.74) is 3.37. The van der Waals surface area contributed by atoms with Crippen molar-refractivity contribution in [3.8, 4) is 0 Å². The lowest BCUT2D eigenvalue weighted by Gasteiger charge is -2.40. The highest BCUT2D eigenvalue weighted by Crippen LogP contribution is 2.34. The molecular weight excluding hydrogens is 384 g/mol. The van der Waals surface area contributed by atoms with Crippen LogP contribution < -0.4 is 0 Å². The van der Waals surface area contributed by atoms with E-state index in [1.165, 1.54) is 11.1 Å². The molecule has 0 radical (unpaired) electrons. The van der Waals surface area contributed by atoms with Crippen LogP contribution in [0, 0.1) is 5.41 Å². The lowest BCUT2D eigenvalue weighted by molar-refractivity contribution is -0.146. The molecule has 0 spiro atoms. The van der Waals surface area contributed by atoms with E-state index in [-0.39, 0.29) is 24.6 Å². The predicted octanol–water partition coefficient (Wildman–Crippen LogP) is 3.95. The number of rotatable bonds is 10. The zero-order chi connectivity index (χ0) is 21.4. The molecule has 0 aromatic carbocycles. The maximum atomic E-state index is 12.1. The first-order valence-electron chi connectivity index (χ1n) is 10.5. The smallest absolute Gasteiger partial charge is 0.334 e. The van der Waals surface area contributed by atoms with E-state index < -0.39 is 5.97 Å². The van der Waals surface area contributed by atoms with Gasteiger partial charge in [-0.3, -0.25) is 0 Å². The van der Waals surface area contributed by atoms with Crippen molar-refractivity contribution in [2.45, 2.75) is 39.0 Å². The standard InChI is InChI=1S/C24H30O6/c1-3-22(25)28-13-14-29-23(26)20-7-5-18(6-8-20)19-9-11-21(12-10-19)30-17-24(4-2)15-27-16-24/h3,5,7,9,11H,1,4,6,8,10,12-17H2,2H3. The van der Waals surface area contributed by atoms with E-state index >= 15 is 0 Å². The van der Waals surface area contributed by atoms with Crippen molar-refractivity contribution in [1.29, 1.82) is 0 Å². The summed E-state index contributed by atoms with van der Waals surface area (Å²) in [6.45, 7) is 7.87. The summed E-state index contributed by atoms with van der Waals surface area (Å²) in [7, 11) is 0. The Morgan fingerprint density at radius 2 is 1.73 bits per heavy atom. The van der Waals surface area contributed by atoms with Gasteiger partial charge in [0.15, 0.2) is 0 Å². The molecule has 1 aliphatic heterocycles. The van der Waals surface area contributed by atoms with Crippen molar-refractivity contribution in [2.24, 2.45) is 5.41 Å². The maximum absolute atomic E-state index is 12.1. The van der Waals surface area contributed by atoms with Gasteiger partial charge < -0.3 is 18.9 Å². The van der Waals surface area contributed by atoms with E-state index in [0.29, 0.717) is 12.0 Å². The van der Waals surface area contributed by atoms with Gasteiger partial charge in [0.05, 0.1) is 31.0 Å². The van der Waals surface area contributed by atoms with Crippen molar-refractivity contribution in [1.82, 2.24) is 0 Å². The van der Waals surface area contributed by atoms with Crippen LogP contribution in [0.3, 0.4) is 0 Å². The lowest BCUT2D eigenvalue weighted by Crippen LogP contribution is -2.45. The minimum Gasteiger partial charge on any atom is -0.497 e. The summed E-state index contributed by atoms with van der Waals surface area (Å²) in [4.78, 5) is 23.1. The fraction of sp³-hybridized carbons (Fsp3) is 0.500. The Labute approximate surface area is 177 Å². The topological polar surface area (TPSA) is 71.1 Å². The molecule has 2 aliphatic carbocycles. The van der Waals surface area contributed by atoms with Gasteiger partial charge in [0.25, 0.3) is 0 Å². The third-order valence-electron chi connectivity index (χ3n) is 5.79. The minimum atomic E-state index is -0.527. The number of hydrogen-bond donors (Lipinski definition) is 0. The summed E-state index contributed by atoms with van der Waals surface area (Å²) in [5.74, 6) is 0.144. The molecule has 3 rings (SSSR count). The van der Waals surface area contributed by atoms with Crippen LogP contribution in [0.1, 0.15) is 39.0 Å². The van der Waals surface area contributed by atoms with Crippen LogP contribution in [0.4, 0.5) is 0 Å². The van der Waals surface area contributed by atoms with Crippen molar-refractivity contribution in [3.63, 3.8) is 0 Å². The van der Waals surface area contributed by atoms with Crippen LogP contribution in [-0.4, -0.2) is 45.0 Å². The molecule has 0 saturated carbocycles. The quantitative estimate of drug-likeness (QED) is 0.306. The summed E-state index contributed by atoms with van der Waals surface area (Å²) in [6.07, 6.45) is 13.5. The van der Waals surface area contributed by atoms with Crippen LogP contribution in [0.5, 0.6) is 0 Å². The molecule has 1 fully saturated rings. The maximum Gasteiger partial charge on any atom is 0.334 e. The Balaban J connectivity index is 1.47. The largest absolute Gasteiger partial charge is 0.497 e. The fourth-order valence-electron chi connectivity index (χ4n) is 3.54. The Morgan fingerprint density at radius 1 is 1.03 bits per heavy atom. The Kier molecular flexibility index (Phi) is 7.69. The highest BCUT2D eigenvalue weighted by Gasteiger charge is 2.37. The molecule has 0 unspecified atom stereocenters. The SMILES string of the molecule is C=CC(=O)OCCOC(=O)C1=CC=C(C2=CC=C(OCC3(CC)COC3)CC2)CC1. The van der Waals surface area contributed by atoms with Gasteiger partial charge in [0.1, 0.15) is 13.2 Å². The van der Waals surface area contributed by atoms with Gasteiger partial charge in [-0.05, 0) is 42.9 Å². The van der Waals surface area contributed by atoms with Gasteiger partial charge in [-0.25, -0.2) is 9.59 Å². The van der Waals surface area contributed by atoms with Crippen LogP contribution in [0.25, 0.3) is 0 Å². The highest BCUT2D eigenvalue weighted by atomic mass is 16.6. The first kappa shape index (κ1) is 22.1. The molecule has 0 aromatic heterocycles.